The molecular weight excluding hydrogens is 322 g/mol. The van der Waals surface area contributed by atoms with E-state index in [9.17, 15) is 4.79 Å². The highest BCUT2D eigenvalue weighted by Crippen LogP contribution is 2.30. The van der Waals surface area contributed by atoms with Crippen molar-refractivity contribution in [2.75, 3.05) is 20.3 Å². The predicted octanol–water partition coefficient (Wildman–Crippen LogP) is 3.71. The maximum absolute atomic E-state index is 12.3. The van der Waals surface area contributed by atoms with Crippen LogP contribution < -0.4 is 14.8 Å². The molecule has 0 saturated carbocycles. The average molecular weight is 347 g/mol. The maximum Gasteiger partial charge on any atom is 0.287 e. The highest BCUT2D eigenvalue weighted by Gasteiger charge is 2.16. The van der Waals surface area contributed by atoms with Crippen LogP contribution in [0.25, 0.3) is 0 Å². The van der Waals surface area contributed by atoms with Crippen molar-refractivity contribution in [1.82, 2.24) is 5.32 Å². The first-order valence-electron chi connectivity index (χ1n) is 8.37. The van der Waals surface area contributed by atoms with Crippen LogP contribution >= 0.6 is 0 Å². The monoisotopic (exact) mass is 347 g/mol. The summed E-state index contributed by atoms with van der Waals surface area (Å²) >= 11 is 0. The van der Waals surface area contributed by atoms with Crippen molar-refractivity contribution >= 4 is 5.91 Å². The summed E-state index contributed by atoms with van der Waals surface area (Å²) in [7, 11) is 1.58. The second kappa shape index (κ2) is 9.13. The Morgan fingerprint density at radius 2 is 1.84 bits per heavy atom. The first-order chi connectivity index (χ1) is 12.1. The number of carbonyl (C=O) groups is 1. The summed E-state index contributed by atoms with van der Waals surface area (Å²) in [5.74, 6) is 1.96. The lowest BCUT2D eigenvalue weighted by Crippen LogP contribution is -2.26. The molecule has 6 nitrogen and oxygen atoms in total. The number of benzene rings is 1. The Labute approximate surface area is 148 Å². The fourth-order valence-electron chi connectivity index (χ4n) is 2.41. The Morgan fingerprint density at radius 1 is 1.12 bits per heavy atom. The van der Waals surface area contributed by atoms with Gasteiger partial charge in [-0.3, -0.25) is 4.79 Å². The van der Waals surface area contributed by atoms with E-state index < -0.39 is 0 Å². The molecule has 0 aliphatic heterocycles. The van der Waals surface area contributed by atoms with Crippen molar-refractivity contribution in [3.8, 4) is 11.5 Å². The number of hydrogen-bond acceptors (Lipinski definition) is 5. The highest BCUT2D eigenvalue weighted by atomic mass is 16.5. The number of nitrogens with one attached hydrogen (secondary N) is 1. The minimum Gasteiger partial charge on any atom is -0.490 e. The second-order valence-electron chi connectivity index (χ2n) is 5.47. The number of hydrogen-bond donors (Lipinski definition) is 1. The van der Waals surface area contributed by atoms with Crippen LogP contribution in [0.5, 0.6) is 11.5 Å². The predicted molar refractivity (Wildman–Crippen MR) is 94.1 cm³/mol. The lowest BCUT2D eigenvalue weighted by molar-refractivity contribution is 0.0903. The van der Waals surface area contributed by atoms with E-state index in [1.165, 1.54) is 0 Å². The minimum absolute atomic E-state index is 0.210. The topological polar surface area (TPSA) is 69.9 Å². The lowest BCUT2D eigenvalue weighted by Gasteiger charge is -2.17. The molecule has 0 spiro atoms. The molecular formula is C19H25NO5. The first-order valence-corrected chi connectivity index (χ1v) is 8.37. The van der Waals surface area contributed by atoms with Crippen molar-refractivity contribution in [1.29, 1.82) is 0 Å². The Bertz CT molecular complexity index is 695. The number of carbonyl (C=O) groups excluding carboxylic acids is 1. The SMILES string of the molecule is CCOc1ccc(C(C)NC(=O)c2ccc(COC)o2)cc1OCC. The molecule has 0 fully saturated rings. The van der Waals surface area contributed by atoms with E-state index in [1.807, 2.05) is 39.0 Å². The third kappa shape index (κ3) is 5.00. The number of furan rings is 1. The van der Waals surface area contributed by atoms with E-state index in [2.05, 4.69) is 5.32 Å². The van der Waals surface area contributed by atoms with Gasteiger partial charge in [0.15, 0.2) is 17.3 Å². The molecule has 136 valence electrons. The Balaban J connectivity index is 2.09. The molecule has 6 heteroatoms. The Morgan fingerprint density at radius 3 is 2.52 bits per heavy atom. The third-order valence-corrected chi connectivity index (χ3v) is 3.59. The van der Waals surface area contributed by atoms with Crippen LogP contribution in [0.4, 0.5) is 0 Å². The number of amides is 1. The smallest absolute Gasteiger partial charge is 0.287 e. The van der Waals surface area contributed by atoms with Crippen molar-refractivity contribution in [2.45, 2.75) is 33.4 Å². The molecule has 0 bridgehead atoms. The van der Waals surface area contributed by atoms with Crippen LogP contribution in [-0.2, 0) is 11.3 Å². The minimum atomic E-state index is -0.276. The first kappa shape index (κ1) is 18.9. The molecule has 1 aromatic carbocycles. The zero-order valence-corrected chi connectivity index (χ0v) is 15.1. The summed E-state index contributed by atoms with van der Waals surface area (Å²) in [6.45, 7) is 7.19. The second-order valence-corrected chi connectivity index (χ2v) is 5.47. The van der Waals surface area contributed by atoms with Crippen LogP contribution in [-0.4, -0.2) is 26.2 Å². The molecule has 1 unspecified atom stereocenters. The van der Waals surface area contributed by atoms with Gasteiger partial charge in [-0.25, -0.2) is 0 Å². The lowest BCUT2D eigenvalue weighted by atomic mass is 10.1. The van der Waals surface area contributed by atoms with Gasteiger partial charge in [0.2, 0.25) is 0 Å². The summed E-state index contributed by atoms with van der Waals surface area (Å²) in [4.78, 5) is 12.3. The van der Waals surface area contributed by atoms with Gasteiger partial charge in [-0.1, -0.05) is 6.07 Å². The molecule has 1 heterocycles. The number of ether oxygens (including phenoxy) is 3. The molecule has 1 aromatic heterocycles. The van der Waals surface area contributed by atoms with Gasteiger partial charge < -0.3 is 23.9 Å². The maximum atomic E-state index is 12.3. The fourth-order valence-corrected chi connectivity index (χ4v) is 2.41. The molecule has 2 aromatic rings. The fraction of sp³-hybridized carbons (Fsp3) is 0.421. The molecule has 1 atom stereocenters. The van der Waals surface area contributed by atoms with E-state index in [4.69, 9.17) is 18.6 Å². The van der Waals surface area contributed by atoms with Crippen LogP contribution in [0.2, 0.25) is 0 Å². The summed E-state index contributed by atoms with van der Waals surface area (Å²) in [5.41, 5.74) is 0.920. The van der Waals surface area contributed by atoms with Gasteiger partial charge in [0.25, 0.3) is 5.91 Å². The van der Waals surface area contributed by atoms with Crippen LogP contribution in [0.1, 0.15) is 48.7 Å². The Hall–Kier alpha value is -2.47. The molecule has 0 aliphatic carbocycles. The van der Waals surface area contributed by atoms with Crippen molar-refractivity contribution < 1.29 is 23.4 Å². The molecule has 25 heavy (non-hydrogen) atoms. The molecule has 2 rings (SSSR count). The quantitative estimate of drug-likeness (QED) is 0.749. The standard InChI is InChI=1S/C19H25NO5/c1-5-23-16-9-7-14(11-18(16)24-6-2)13(3)20-19(21)17-10-8-15(25-17)12-22-4/h7-11,13H,5-6,12H2,1-4H3,(H,20,21). The van der Waals surface area contributed by atoms with E-state index in [0.29, 0.717) is 37.1 Å². The zero-order valence-electron chi connectivity index (χ0n) is 15.1. The van der Waals surface area contributed by atoms with Gasteiger partial charge in [-0.15, -0.1) is 0 Å². The number of rotatable bonds is 9. The molecule has 0 aliphatic rings. The van der Waals surface area contributed by atoms with Gasteiger partial charge in [-0.2, -0.15) is 0 Å². The molecule has 0 radical (unpaired) electrons. The van der Waals surface area contributed by atoms with E-state index in [0.717, 1.165) is 5.56 Å². The normalized spacial score (nSPS) is 11.8. The van der Waals surface area contributed by atoms with Crippen molar-refractivity contribution in [2.24, 2.45) is 0 Å². The van der Waals surface area contributed by atoms with E-state index >= 15 is 0 Å². The largest absolute Gasteiger partial charge is 0.490 e. The summed E-state index contributed by atoms with van der Waals surface area (Å²) < 4.78 is 21.6. The molecule has 0 saturated heterocycles. The zero-order chi connectivity index (χ0) is 18.2. The third-order valence-electron chi connectivity index (χ3n) is 3.59. The highest BCUT2D eigenvalue weighted by molar-refractivity contribution is 5.91. The van der Waals surface area contributed by atoms with Gasteiger partial charge in [-0.05, 0) is 50.6 Å². The van der Waals surface area contributed by atoms with Gasteiger partial charge >= 0.3 is 0 Å². The Kier molecular flexibility index (Phi) is 6.89. The van der Waals surface area contributed by atoms with E-state index in [-0.39, 0.29) is 17.7 Å². The molecule has 1 amide bonds. The van der Waals surface area contributed by atoms with Crippen molar-refractivity contribution in [3.05, 3.63) is 47.4 Å². The van der Waals surface area contributed by atoms with Gasteiger partial charge in [0.05, 0.1) is 19.3 Å². The van der Waals surface area contributed by atoms with Crippen LogP contribution in [0, 0.1) is 0 Å². The van der Waals surface area contributed by atoms with Gasteiger partial charge in [0, 0.05) is 7.11 Å². The van der Waals surface area contributed by atoms with Crippen LogP contribution in [0.15, 0.2) is 34.7 Å². The summed E-state index contributed by atoms with van der Waals surface area (Å²) in [6, 6.07) is 8.82. The average Bonchev–Trinajstić information content (AvgIpc) is 3.06. The van der Waals surface area contributed by atoms with E-state index in [1.54, 1.807) is 19.2 Å². The van der Waals surface area contributed by atoms with Gasteiger partial charge in [0.1, 0.15) is 12.4 Å². The summed E-state index contributed by atoms with van der Waals surface area (Å²) in [6.07, 6.45) is 0. The van der Waals surface area contributed by atoms with Crippen molar-refractivity contribution in [3.63, 3.8) is 0 Å². The van der Waals surface area contributed by atoms with Crippen LogP contribution in [0.3, 0.4) is 0 Å². The molecule has 1 N–H and O–H groups in total. The number of methoxy groups -OCH3 is 1. The summed E-state index contributed by atoms with van der Waals surface area (Å²) in [5, 5.41) is 2.92.